The minimum absolute atomic E-state index is 0.0508. The third-order valence-corrected chi connectivity index (χ3v) is 4.56. The predicted molar refractivity (Wildman–Crippen MR) is 84.2 cm³/mol. The van der Waals surface area contributed by atoms with Crippen molar-refractivity contribution in [3.8, 4) is 0 Å². The molecule has 0 radical (unpaired) electrons. The van der Waals surface area contributed by atoms with Crippen LogP contribution >= 0.6 is 11.3 Å². The number of carbonyl (C=O) groups is 2. The number of carbonyl (C=O) groups excluding carboxylic acids is 2. The Morgan fingerprint density at radius 1 is 1.38 bits per heavy atom. The van der Waals surface area contributed by atoms with Crippen molar-refractivity contribution in [2.75, 3.05) is 18.4 Å². The highest BCUT2D eigenvalue weighted by Gasteiger charge is 2.22. The highest BCUT2D eigenvalue weighted by molar-refractivity contribution is 7.13. The van der Waals surface area contributed by atoms with Gasteiger partial charge in [0.05, 0.1) is 6.54 Å². The van der Waals surface area contributed by atoms with E-state index >= 15 is 0 Å². The zero-order valence-electron chi connectivity index (χ0n) is 12.5. The minimum atomic E-state index is -0.164. The lowest BCUT2D eigenvalue weighted by atomic mass is 9.89. The molecule has 0 atom stereocenters. The van der Waals surface area contributed by atoms with Crippen LogP contribution < -0.4 is 5.32 Å². The average molecular weight is 309 g/mol. The maximum absolute atomic E-state index is 12.1. The summed E-state index contributed by atoms with van der Waals surface area (Å²) >= 11 is 1.38. The van der Waals surface area contributed by atoms with Crippen molar-refractivity contribution >= 4 is 28.3 Å². The number of thiazole rings is 1. The number of anilines is 1. The molecule has 1 heterocycles. The van der Waals surface area contributed by atoms with Crippen molar-refractivity contribution in [1.29, 1.82) is 0 Å². The SMILES string of the molecule is CCC(=O)N(CC(=O)Nc1nccs1)CC1CCCCC1. The van der Waals surface area contributed by atoms with E-state index in [1.54, 1.807) is 11.1 Å². The van der Waals surface area contributed by atoms with Gasteiger partial charge in [0.25, 0.3) is 0 Å². The Morgan fingerprint density at radius 2 is 2.14 bits per heavy atom. The summed E-state index contributed by atoms with van der Waals surface area (Å²) in [6.07, 6.45) is 8.20. The summed E-state index contributed by atoms with van der Waals surface area (Å²) in [4.78, 5) is 29.8. The van der Waals surface area contributed by atoms with E-state index in [1.807, 2.05) is 12.3 Å². The van der Waals surface area contributed by atoms with Crippen LogP contribution in [0, 0.1) is 5.92 Å². The number of nitrogens with zero attached hydrogens (tertiary/aromatic N) is 2. The highest BCUT2D eigenvalue weighted by atomic mass is 32.1. The van der Waals surface area contributed by atoms with Crippen LogP contribution in [-0.4, -0.2) is 34.8 Å². The van der Waals surface area contributed by atoms with Gasteiger partial charge in [0.2, 0.25) is 11.8 Å². The predicted octanol–water partition coefficient (Wildman–Crippen LogP) is 2.90. The smallest absolute Gasteiger partial charge is 0.245 e. The Kier molecular flexibility index (Phi) is 6.17. The van der Waals surface area contributed by atoms with E-state index in [0.29, 0.717) is 24.0 Å². The van der Waals surface area contributed by atoms with Crippen molar-refractivity contribution in [3.05, 3.63) is 11.6 Å². The van der Waals surface area contributed by atoms with Gasteiger partial charge in [0.1, 0.15) is 0 Å². The first-order valence-electron chi connectivity index (χ1n) is 7.66. The number of hydrogen-bond donors (Lipinski definition) is 1. The summed E-state index contributed by atoms with van der Waals surface area (Å²) in [5.74, 6) is 0.430. The molecule has 0 spiro atoms. The molecule has 5 nitrogen and oxygen atoms in total. The van der Waals surface area contributed by atoms with Crippen molar-refractivity contribution in [2.45, 2.75) is 45.4 Å². The van der Waals surface area contributed by atoms with E-state index in [9.17, 15) is 9.59 Å². The van der Waals surface area contributed by atoms with Crippen LogP contribution in [0.1, 0.15) is 45.4 Å². The van der Waals surface area contributed by atoms with Gasteiger partial charge in [0, 0.05) is 24.5 Å². The molecule has 2 rings (SSSR count). The van der Waals surface area contributed by atoms with Gasteiger partial charge in [-0.1, -0.05) is 26.2 Å². The van der Waals surface area contributed by atoms with Gasteiger partial charge < -0.3 is 10.2 Å². The molecule has 1 N–H and O–H groups in total. The Morgan fingerprint density at radius 3 is 2.76 bits per heavy atom. The van der Waals surface area contributed by atoms with Crippen LogP contribution in [0.15, 0.2) is 11.6 Å². The topological polar surface area (TPSA) is 62.3 Å². The molecule has 0 aromatic carbocycles. The van der Waals surface area contributed by atoms with E-state index in [4.69, 9.17) is 0 Å². The fraction of sp³-hybridized carbons (Fsp3) is 0.667. The first-order valence-corrected chi connectivity index (χ1v) is 8.54. The largest absolute Gasteiger partial charge is 0.333 e. The Labute approximate surface area is 129 Å². The van der Waals surface area contributed by atoms with Crippen LogP contribution in [0.25, 0.3) is 0 Å². The van der Waals surface area contributed by atoms with Crippen molar-refractivity contribution in [1.82, 2.24) is 9.88 Å². The maximum atomic E-state index is 12.1. The van der Waals surface area contributed by atoms with Gasteiger partial charge in [-0.3, -0.25) is 9.59 Å². The molecular formula is C15H23N3O2S. The summed E-state index contributed by atoms with van der Waals surface area (Å²) in [7, 11) is 0. The van der Waals surface area contributed by atoms with Crippen LogP contribution in [0.5, 0.6) is 0 Å². The van der Waals surface area contributed by atoms with Crippen LogP contribution in [0.4, 0.5) is 5.13 Å². The molecule has 0 saturated heterocycles. The minimum Gasteiger partial charge on any atom is -0.333 e. The van der Waals surface area contributed by atoms with Crippen molar-refractivity contribution in [2.24, 2.45) is 5.92 Å². The van der Waals surface area contributed by atoms with Gasteiger partial charge in [-0.25, -0.2) is 4.98 Å². The van der Waals surface area contributed by atoms with Gasteiger partial charge in [-0.15, -0.1) is 11.3 Å². The van der Waals surface area contributed by atoms with Gasteiger partial charge in [0.15, 0.2) is 5.13 Å². The van der Waals surface area contributed by atoms with Crippen molar-refractivity contribution < 1.29 is 9.59 Å². The number of aromatic nitrogens is 1. The molecule has 2 amide bonds. The molecule has 1 aromatic rings. The Balaban J connectivity index is 1.89. The molecule has 0 bridgehead atoms. The zero-order chi connectivity index (χ0) is 15.1. The normalized spacial score (nSPS) is 15.7. The Bertz CT molecular complexity index is 455. The first kappa shape index (κ1) is 15.9. The van der Waals surface area contributed by atoms with Gasteiger partial charge >= 0.3 is 0 Å². The van der Waals surface area contributed by atoms with Crippen LogP contribution in [-0.2, 0) is 9.59 Å². The van der Waals surface area contributed by atoms with E-state index in [1.165, 1.54) is 43.4 Å². The fourth-order valence-electron chi connectivity index (χ4n) is 2.78. The number of amides is 2. The second-order valence-corrected chi connectivity index (χ2v) is 6.41. The monoisotopic (exact) mass is 309 g/mol. The zero-order valence-corrected chi connectivity index (χ0v) is 13.3. The Hall–Kier alpha value is -1.43. The molecule has 116 valence electrons. The lowest BCUT2D eigenvalue weighted by molar-refractivity contribution is -0.135. The maximum Gasteiger partial charge on any atom is 0.245 e. The number of hydrogen-bond acceptors (Lipinski definition) is 4. The molecule has 0 unspecified atom stereocenters. The molecule has 6 heteroatoms. The van der Waals surface area contributed by atoms with Gasteiger partial charge in [-0.05, 0) is 18.8 Å². The molecule has 1 aliphatic rings. The lowest BCUT2D eigenvalue weighted by Gasteiger charge is -2.29. The van der Waals surface area contributed by atoms with E-state index < -0.39 is 0 Å². The van der Waals surface area contributed by atoms with E-state index in [2.05, 4.69) is 10.3 Å². The van der Waals surface area contributed by atoms with Crippen LogP contribution in [0.2, 0.25) is 0 Å². The lowest BCUT2D eigenvalue weighted by Crippen LogP contribution is -2.41. The summed E-state index contributed by atoms with van der Waals surface area (Å²) in [5.41, 5.74) is 0. The van der Waals surface area contributed by atoms with Crippen LogP contribution in [0.3, 0.4) is 0 Å². The summed E-state index contributed by atoms with van der Waals surface area (Å²) in [6.45, 7) is 2.68. The van der Waals surface area contributed by atoms with Gasteiger partial charge in [-0.2, -0.15) is 0 Å². The fourth-order valence-corrected chi connectivity index (χ4v) is 3.32. The molecule has 0 aliphatic heterocycles. The third kappa shape index (κ3) is 5.12. The van der Waals surface area contributed by atoms with Crippen molar-refractivity contribution in [3.63, 3.8) is 0 Å². The molecular weight excluding hydrogens is 286 g/mol. The summed E-state index contributed by atoms with van der Waals surface area (Å²) in [5, 5.41) is 5.14. The molecule has 1 saturated carbocycles. The second kappa shape index (κ2) is 8.12. The summed E-state index contributed by atoms with van der Waals surface area (Å²) in [6, 6.07) is 0. The second-order valence-electron chi connectivity index (χ2n) is 5.52. The molecule has 21 heavy (non-hydrogen) atoms. The highest BCUT2D eigenvalue weighted by Crippen LogP contribution is 2.24. The molecule has 1 aromatic heterocycles. The number of nitrogens with one attached hydrogen (secondary N) is 1. The quantitative estimate of drug-likeness (QED) is 0.879. The van der Waals surface area contributed by atoms with E-state index in [0.717, 1.165) is 0 Å². The summed E-state index contributed by atoms with van der Waals surface area (Å²) < 4.78 is 0. The first-order chi connectivity index (χ1) is 10.2. The standard InChI is InChI=1S/C15H23N3O2S/c1-2-14(20)18(10-12-6-4-3-5-7-12)11-13(19)17-15-16-8-9-21-15/h8-9,12H,2-7,10-11H2,1H3,(H,16,17,19). The third-order valence-electron chi connectivity index (χ3n) is 3.87. The number of rotatable bonds is 6. The molecule has 1 aliphatic carbocycles. The molecule has 1 fully saturated rings. The average Bonchev–Trinajstić information content (AvgIpc) is 2.99. The van der Waals surface area contributed by atoms with E-state index in [-0.39, 0.29) is 18.4 Å².